The van der Waals surface area contributed by atoms with E-state index in [1.165, 1.54) is 6.08 Å². The van der Waals surface area contributed by atoms with Gasteiger partial charge in [-0.2, -0.15) is 5.53 Å². The maximum atomic E-state index is 11.6. The number of aromatic nitrogens is 4. The Balaban J connectivity index is -0.000000155. The Labute approximate surface area is 323 Å². The van der Waals surface area contributed by atoms with E-state index in [1.807, 2.05) is 28.1 Å². The second-order valence-corrected chi connectivity index (χ2v) is 9.35. The number of piperazine rings is 1. The number of imidazole rings is 1. The van der Waals surface area contributed by atoms with Gasteiger partial charge in [0.15, 0.2) is 5.82 Å². The highest BCUT2D eigenvalue weighted by Gasteiger charge is 2.17. The van der Waals surface area contributed by atoms with Gasteiger partial charge in [-0.15, -0.1) is 11.3 Å². The van der Waals surface area contributed by atoms with Gasteiger partial charge in [0.1, 0.15) is 17.4 Å². The highest BCUT2D eigenvalue weighted by atomic mass is 16.3. The first-order chi connectivity index (χ1) is 26.5. The van der Waals surface area contributed by atoms with E-state index in [0.29, 0.717) is 11.5 Å². The van der Waals surface area contributed by atoms with E-state index >= 15 is 0 Å². The van der Waals surface area contributed by atoms with Crippen LogP contribution in [0.5, 0.6) is 0 Å². The molecule has 1 aliphatic rings. The van der Waals surface area contributed by atoms with Gasteiger partial charge in [0, 0.05) is 53.7 Å². The van der Waals surface area contributed by atoms with Crippen molar-refractivity contribution in [2.75, 3.05) is 43.4 Å². The van der Waals surface area contributed by atoms with Crippen LogP contribution in [0.2, 0.25) is 0 Å². The van der Waals surface area contributed by atoms with Gasteiger partial charge < -0.3 is 15.1 Å². The van der Waals surface area contributed by atoms with Crippen molar-refractivity contribution in [3.63, 3.8) is 0 Å². The molecular formula is C38H42N14O2. The maximum absolute atomic E-state index is 11.6. The number of benzene rings is 1. The number of rotatable bonds is 7. The molecule has 0 saturated carbocycles. The molecule has 0 aliphatic carbocycles. The standard InChI is InChI=1S/C19H21N7O.C19H4.HN7O.8H2/c1-3-19(27)22-14-4-5-15-16(10-14)26(13-21-15)18-12-20-11-17(23-18)25-8-6-24(2)7-9-25;1-3-5-7-9-11-13-15-17-19-18-16-14-12-10-8-6-4-2;1-2-3-4-5-6-7-8;;;;;;;;/h3-5,10-13H,1,6-9H2,2H3,(H,22,27);1H,2H3;1H;8*1H/b;;2-1?,4-3+,6-5+;;;;;;;;. The normalized spacial score (nSPS) is 10.4. The first-order valence-electron chi connectivity index (χ1n) is 15.0. The number of nitrogens with one attached hydrogen (secondary N) is 2. The summed E-state index contributed by atoms with van der Waals surface area (Å²) < 4.78 is 1.88. The molecule has 3 aromatic rings. The molecular weight excluding hydrogens is 685 g/mol. The lowest BCUT2D eigenvalue weighted by molar-refractivity contribution is -0.111. The average molecular weight is 727 g/mol. The minimum Gasteiger partial charge on any atom is -0.353 e. The Kier molecular flexibility index (Phi) is 20.0. The molecule has 276 valence electrons. The van der Waals surface area contributed by atoms with Gasteiger partial charge >= 0.3 is 0 Å². The topological polar surface area (TPSA) is 194 Å². The maximum Gasteiger partial charge on any atom is 0.247 e. The molecule has 0 atom stereocenters. The molecule has 54 heavy (non-hydrogen) atoms. The predicted molar refractivity (Wildman–Crippen MR) is 219 cm³/mol. The lowest BCUT2D eigenvalue weighted by Gasteiger charge is -2.33. The molecule has 0 unspecified atom stereocenters. The summed E-state index contributed by atoms with van der Waals surface area (Å²) in [6.07, 6.45) is 11.4. The van der Waals surface area contributed by atoms with Crippen molar-refractivity contribution in [2.45, 2.75) is 6.92 Å². The number of carbonyl (C=O) groups excluding carboxylic acids is 1. The summed E-state index contributed by atoms with van der Waals surface area (Å²) in [6, 6.07) is 5.55. The number of carbonyl (C=O) groups is 1. The van der Waals surface area contributed by atoms with E-state index in [4.69, 9.17) is 21.8 Å². The summed E-state index contributed by atoms with van der Waals surface area (Å²) >= 11 is 0. The van der Waals surface area contributed by atoms with Crippen LogP contribution in [0.15, 0.2) is 81.0 Å². The number of terminal acetylenes is 1. The third kappa shape index (κ3) is 16.5. The fraction of sp³-hybridized carbons (Fsp3) is 0.158. The summed E-state index contributed by atoms with van der Waals surface area (Å²) in [4.78, 5) is 38.8. The van der Waals surface area contributed by atoms with Crippen LogP contribution >= 0.6 is 0 Å². The third-order valence-corrected chi connectivity index (χ3v) is 5.96. The number of fused-ring (bicyclic) bond motifs is 1. The summed E-state index contributed by atoms with van der Waals surface area (Å²) in [7, 11) is 2.12. The molecule has 2 N–H and O–H groups in total. The first kappa shape index (κ1) is 41.4. The van der Waals surface area contributed by atoms with Gasteiger partial charge in [-0.25, -0.2) is 9.97 Å². The molecule has 1 saturated heterocycles. The van der Waals surface area contributed by atoms with E-state index in [2.05, 4.69) is 165 Å². The number of nitroso groups, excluding NO2 is 1. The van der Waals surface area contributed by atoms with E-state index in [-0.39, 0.29) is 17.3 Å². The minimum absolute atomic E-state index is 0. The predicted octanol–water partition coefficient (Wildman–Crippen LogP) is 5.76. The van der Waals surface area contributed by atoms with Crippen LogP contribution < -0.4 is 10.2 Å². The number of hydrogen-bond donors (Lipinski definition) is 2. The van der Waals surface area contributed by atoms with Gasteiger partial charge in [0.05, 0.1) is 23.4 Å². The fourth-order valence-corrected chi connectivity index (χ4v) is 3.69. The zero-order valence-corrected chi connectivity index (χ0v) is 28.8. The Hall–Kier alpha value is -8.82. The Morgan fingerprint density at radius 2 is 1.44 bits per heavy atom. The SMILES string of the molecule is C#CC#CC#CC#CC#CC#CC#CC#CC#CC.C=CC(=O)Nc1ccc2ncn(-c3cncc(N4CCN(C)CC4)n3)c2c1.N=N/N=N/N=N/N=O.[HH].[HH].[HH].[HH].[HH].[HH].[HH].[HH]. The van der Waals surface area contributed by atoms with Crippen molar-refractivity contribution in [3.8, 4) is 113 Å². The number of nitrogens with zero attached hydrogens (tertiary/aromatic N) is 12. The Bertz CT molecular complexity index is 2480. The van der Waals surface area contributed by atoms with Gasteiger partial charge in [-0.05, 0) is 149 Å². The molecule has 1 aromatic carbocycles. The van der Waals surface area contributed by atoms with Crippen molar-refractivity contribution in [1.29, 1.82) is 5.53 Å². The molecule has 16 nitrogen and oxygen atoms in total. The van der Waals surface area contributed by atoms with Crippen molar-refractivity contribution in [3.05, 3.63) is 54.5 Å². The average Bonchev–Trinajstić information content (AvgIpc) is 3.62. The molecule has 16 heteroatoms. The molecule has 1 fully saturated rings. The number of amides is 1. The van der Waals surface area contributed by atoms with Crippen molar-refractivity contribution >= 4 is 28.4 Å². The van der Waals surface area contributed by atoms with Crippen molar-refractivity contribution < 1.29 is 16.2 Å². The van der Waals surface area contributed by atoms with Gasteiger partial charge in [0.25, 0.3) is 0 Å². The highest BCUT2D eigenvalue weighted by molar-refractivity contribution is 6.00. The lowest BCUT2D eigenvalue weighted by Crippen LogP contribution is -2.44. The molecule has 0 bridgehead atoms. The van der Waals surface area contributed by atoms with Crippen molar-refractivity contribution in [2.24, 2.45) is 31.4 Å². The Morgan fingerprint density at radius 1 is 0.870 bits per heavy atom. The zero-order chi connectivity index (χ0) is 39.1. The zero-order valence-electron chi connectivity index (χ0n) is 28.8. The number of anilines is 2. The van der Waals surface area contributed by atoms with Gasteiger partial charge in [0.2, 0.25) is 5.91 Å². The van der Waals surface area contributed by atoms with Crippen LogP contribution in [0.1, 0.15) is 18.3 Å². The van der Waals surface area contributed by atoms with Crippen molar-refractivity contribution in [1.82, 2.24) is 24.4 Å². The highest BCUT2D eigenvalue weighted by Crippen LogP contribution is 2.22. The molecule has 4 rings (SSSR count). The fourth-order valence-electron chi connectivity index (χ4n) is 3.69. The van der Waals surface area contributed by atoms with E-state index in [0.717, 1.165) is 43.0 Å². The number of hydrogen-bond acceptors (Lipinski definition) is 8. The minimum atomic E-state index is -0.253. The Morgan fingerprint density at radius 3 is 2.00 bits per heavy atom. The van der Waals surface area contributed by atoms with Crippen LogP contribution in [-0.2, 0) is 4.79 Å². The molecule has 0 radical (unpaired) electrons. The molecule has 1 aliphatic heterocycles. The van der Waals surface area contributed by atoms with E-state index in [1.54, 1.807) is 25.6 Å². The van der Waals surface area contributed by atoms with Gasteiger partial charge in [-0.3, -0.25) is 14.3 Å². The monoisotopic (exact) mass is 726 g/mol. The van der Waals surface area contributed by atoms with E-state index in [9.17, 15) is 4.79 Å². The molecule has 3 heterocycles. The molecule has 2 aromatic heterocycles. The third-order valence-electron chi connectivity index (χ3n) is 5.96. The second kappa shape index (κ2) is 26.1. The van der Waals surface area contributed by atoms with Crippen LogP contribution in [0.3, 0.4) is 0 Å². The van der Waals surface area contributed by atoms with Crippen LogP contribution in [0.4, 0.5) is 11.5 Å². The lowest BCUT2D eigenvalue weighted by atomic mass is 10.2. The summed E-state index contributed by atoms with van der Waals surface area (Å²) in [5, 5.41) is 17.7. The summed E-state index contributed by atoms with van der Waals surface area (Å²) in [5.41, 5.74) is 8.34. The van der Waals surface area contributed by atoms with Gasteiger partial charge in [-0.1, -0.05) is 12.5 Å². The number of likely N-dealkylation sites (N-methyl/N-ethyl adjacent to an activating group) is 1. The van der Waals surface area contributed by atoms with Crippen LogP contribution in [-0.4, -0.2) is 63.6 Å². The summed E-state index contributed by atoms with van der Waals surface area (Å²) in [6.45, 7) is 9.04. The van der Waals surface area contributed by atoms with E-state index < -0.39 is 0 Å². The first-order valence-corrected chi connectivity index (χ1v) is 15.0. The van der Waals surface area contributed by atoms with Crippen LogP contribution in [0.25, 0.3) is 16.9 Å². The molecule has 1 amide bonds. The largest absolute Gasteiger partial charge is 0.353 e. The van der Waals surface area contributed by atoms with Crippen LogP contribution in [0, 0.1) is 118 Å². The second-order valence-electron chi connectivity index (χ2n) is 9.35. The summed E-state index contributed by atoms with van der Waals surface area (Å²) in [5.74, 6) is 43.2. The molecule has 0 spiro atoms. The smallest absolute Gasteiger partial charge is 0.247 e. The quantitative estimate of drug-likeness (QED) is 0.102.